The highest BCUT2D eigenvalue weighted by Gasteiger charge is 2.31. The molecule has 1 heterocycles. The Hall–Kier alpha value is -1.55. The predicted molar refractivity (Wildman–Crippen MR) is 100 cm³/mol. The van der Waals surface area contributed by atoms with E-state index in [1.54, 1.807) is 18.2 Å². The normalized spacial score (nSPS) is 15.8. The van der Waals surface area contributed by atoms with Gasteiger partial charge in [0.1, 0.15) is 0 Å². The van der Waals surface area contributed by atoms with Gasteiger partial charge in [0.05, 0.1) is 15.5 Å². The van der Waals surface area contributed by atoms with Crippen LogP contribution in [0.4, 0.5) is 8.78 Å². The monoisotopic (exact) mass is 478 g/mol. The molecule has 5 nitrogen and oxygen atoms in total. The molecule has 27 heavy (non-hydrogen) atoms. The quantitative estimate of drug-likeness (QED) is 0.677. The Morgan fingerprint density at radius 2 is 1.67 bits per heavy atom. The molecule has 0 unspecified atom stereocenters. The third kappa shape index (κ3) is 4.16. The van der Waals surface area contributed by atoms with Crippen molar-refractivity contribution in [3.05, 3.63) is 63.1 Å². The summed E-state index contributed by atoms with van der Waals surface area (Å²) >= 11 is 9.37. The number of nitrogens with zero attached hydrogens (tertiary/aromatic N) is 2. The standard InChI is InChI=1S/C17H14BrClF2N2O3S/c18-11-1-3-14(19)13(9-11)17(24)22-5-7-23(8-6-22)27(25,26)12-2-4-15(20)16(21)10-12/h1-4,9-10H,5-8H2. The van der Waals surface area contributed by atoms with Gasteiger partial charge in [-0.1, -0.05) is 27.5 Å². The van der Waals surface area contributed by atoms with E-state index in [2.05, 4.69) is 15.9 Å². The number of amides is 1. The second-order valence-electron chi connectivity index (χ2n) is 5.90. The number of carbonyl (C=O) groups excluding carboxylic acids is 1. The van der Waals surface area contributed by atoms with Crippen molar-refractivity contribution in [2.24, 2.45) is 0 Å². The Balaban J connectivity index is 1.73. The molecule has 1 aliphatic rings. The van der Waals surface area contributed by atoms with E-state index in [4.69, 9.17) is 11.6 Å². The minimum absolute atomic E-state index is 0.0404. The first-order valence-electron chi connectivity index (χ1n) is 7.89. The fourth-order valence-electron chi connectivity index (χ4n) is 2.75. The first-order chi connectivity index (χ1) is 12.7. The van der Waals surface area contributed by atoms with Crippen molar-refractivity contribution < 1.29 is 22.0 Å². The summed E-state index contributed by atoms with van der Waals surface area (Å²) in [5, 5.41) is 0.306. The van der Waals surface area contributed by atoms with Gasteiger partial charge in [-0.15, -0.1) is 0 Å². The van der Waals surface area contributed by atoms with Gasteiger partial charge in [-0.2, -0.15) is 4.31 Å². The van der Waals surface area contributed by atoms with E-state index in [9.17, 15) is 22.0 Å². The topological polar surface area (TPSA) is 57.7 Å². The summed E-state index contributed by atoms with van der Waals surface area (Å²) in [4.78, 5) is 13.8. The molecule has 0 radical (unpaired) electrons. The van der Waals surface area contributed by atoms with Crippen molar-refractivity contribution in [1.29, 1.82) is 0 Å². The summed E-state index contributed by atoms with van der Waals surface area (Å²) in [6.07, 6.45) is 0. The molecule has 0 bridgehead atoms. The molecule has 3 rings (SSSR count). The van der Waals surface area contributed by atoms with Gasteiger partial charge < -0.3 is 4.90 Å². The van der Waals surface area contributed by atoms with Crippen LogP contribution in [0.25, 0.3) is 0 Å². The fourth-order valence-corrected chi connectivity index (χ4v) is 4.74. The average molecular weight is 480 g/mol. The molecular formula is C17H14BrClF2N2O3S. The predicted octanol–water partition coefficient (Wildman–Crippen LogP) is 3.53. The Labute approximate surface area is 168 Å². The second-order valence-corrected chi connectivity index (χ2v) is 9.16. The molecule has 1 saturated heterocycles. The van der Waals surface area contributed by atoms with E-state index in [0.717, 1.165) is 16.4 Å². The van der Waals surface area contributed by atoms with Crippen molar-refractivity contribution in [2.75, 3.05) is 26.2 Å². The van der Waals surface area contributed by atoms with Gasteiger partial charge in [-0.25, -0.2) is 17.2 Å². The molecule has 0 atom stereocenters. The van der Waals surface area contributed by atoms with Crippen LogP contribution in [-0.4, -0.2) is 49.7 Å². The van der Waals surface area contributed by atoms with Gasteiger partial charge in [-0.3, -0.25) is 4.79 Å². The van der Waals surface area contributed by atoms with Gasteiger partial charge in [0.15, 0.2) is 11.6 Å². The molecule has 0 aromatic heterocycles. The summed E-state index contributed by atoms with van der Waals surface area (Å²) in [5.41, 5.74) is 0.322. The van der Waals surface area contributed by atoms with Gasteiger partial charge >= 0.3 is 0 Å². The zero-order valence-corrected chi connectivity index (χ0v) is 17.0. The number of carbonyl (C=O) groups is 1. The van der Waals surface area contributed by atoms with Crippen LogP contribution in [0, 0.1) is 11.6 Å². The van der Waals surface area contributed by atoms with Crippen LogP contribution in [-0.2, 0) is 10.0 Å². The first-order valence-corrected chi connectivity index (χ1v) is 10.5. The molecule has 0 N–H and O–H groups in total. The largest absolute Gasteiger partial charge is 0.336 e. The van der Waals surface area contributed by atoms with Gasteiger partial charge in [0.25, 0.3) is 5.91 Å². The Kier molecular flexibility index (Phi) is 5.85. The van der Waals surface area contributed by atoms with Crippen LogP contribution in [0.1, 0.15) is 10.4 Å². The highest BCUT2D eigenvalue weighted by atomic mass is 79.9. The van der Waals surface area contributed by atoms with Crippen LogP contribution in [0.5, 0.6) is 0 Å². The van der Waals surface area contributed by atoms with Crippen molar-refractivity contribution in [3.8, 4) is 0 Å². The zero-order chi connectivity index (χ0) is 19.8. The third-order valence-corrected chi connectivity index (χ3v) is 6.93. The summed E-state index contributed by atoms with van der Waals surface area (Å²) in [6.45, 7) is 0.395. The van der Waals surface area contributed by atoms with Gasteiger partial charge in [0.2, 0.25) is 10.0 Å². The molecule has 2 aromatic rings. The Morgan fingerprint density at radius 1 is 1.00 bits per heavy atom. The number of sulfonamides is 1. The lowest BCUT2D eigenvalue weighted by atomic mass is 10.2. The second kappa shape index (κ2) is 7.83. The van der Waals surface area contributed by atoms with E-state index in [-0.39, 0.29) is 37.0 Å². The van der Waals surface area contributed by atoms with E-state index in [1.165, 1.54) is 4.90 Å². The number of hydrogen-bond acceptors (Lipinski definition) is 3. The first kappa shape index (κ1) is 20.2. The molecular weight excluding hydrogens is 466 g/mol. The highest BCUT2D eigenvalue weighted by Crippen LogP contribution is 2.24. The van der Waals surface area contributed by atoms with Crippen molar-refractivity contribution in [1.82, 2.24) is 9.21 Å². The van der Waals surface area contributed by atoms with Crippen LogP contribution in [0.2, 0.25) is 5.02 Å². The smallest absolute Gasteiger partial charge is 0.255 e. The minimum atomic E-state index is -3.97. The molecule has 0 spiro atoms. The lowest BCUT2D eigenvalue weighted by Crippen LogP contribution is -2.50. The van der Waals surface area contributed by atoms with E-state index >= 15 is 0 Å². The lowest BCUT2D eigenvalue weighted by molar-refractivity contribution is 0.0698. The van der Waals surface area contributed by atoms with E-state index < -0.39 is 21.7 Å². The SMILES string of the molecule is O=C(c1cc(Br)ccc1Cl)N1CCN(S(=O)(=O)c2ccc(F)c(F)c2)CC1. The maximum absolute atomic E-state index is 13.4. The lowest BCUT2D eigenvalue weighted by Gasteiger charge is -2.34. The summed E-state index contributed by atoms with van der Waals surface area (Å²) < 4.78 is 53.5. The van der Waals surface area contributed by atoms with Crippen molar-refractivity contribution in [2.45, 2.75) is 4.90 Å². The molecule has 10 heteroatoms. The van der Waals surface area contributed by atoms with Gasteiger partial charge in [-0.05, 0) is 36.4 Å². The van der Waals surface area contributed by atoms with E-state index in [0.29, 0.717) is 21.1 Å². The Morgan fingerprint density at radius 3 is 2.30 bits per heavy atom. The van der Waals surface area contributed by atoms with Gasteiger partial charge in [0, 0.05) is 30.7 Å². The van der Waals surface area contributed by atoms with Crippen molar-refractivity contribution in [3.63, 3.8) is 0 Å². The number of piperazine rings is 1. The maximum atomic E-state index is 13.4. The number of rotatable bonds is 3. The number of hydrogen-bond donors (Lipinski definition) is 0. The summed E-state index contributed by atoms with van der Waals surface area (Å²) in [7, 11) is -3.97. The van der Waals surface area contributed by atoms with Crippen molar-refractivity contribution >= 4 is 43.5 Å². The molecule has 0 aliphatic carbocycles. The molecule has 1 amide bonds. The molecule has 1 aliphatic heterocycles. The number of benzene rings is 2. The molecule has 144 valence electrons. The van der Waals surface area contributed by atoms with Crippen LogP contribution in [0.3, 0.4) is 0 Å². The van der Waals surface area contributed by atoms with Crippen LogP contribution < -0.4 is 0 Å². The molecule has 2 aromatic carbocycles. The molecule has 1 fully saturated rings. The average Bonchev–Trinajstić information content (AvgIpc) is 2.65. The summed E-state index contributed by atoms with van der Waals surface area (Å²) in [5.74, 6) is -2.64. The summed E-state index contributed by atoms with van der Waals surface area (Å²) in [6, 6.07) is 7.37. The highest BCUT2D eigenvalue weighted by molar-refractivity contribution is 9.10. The maximum Gasteiger partial charge on any atom is 0.255 e. The van der Waals surface area contributed by atoms with Crippen LogP contribution >= 0.6 is 27.5 Å². The van der Waals surface area contributed by atoms with Crippen LogP contribution in [0.15, 0.2) is 45.8 Å². The number of halogens is 4. The fraction of sp³-hybridized carbons (Fsp3) is 0.235. The minimum Gasteiger partial charge on any atom is -0.336 e. The Bertz CT molecular complexity index is 996. The zero-order valence-electron chi connectivity index (χ0n) is 13.8. The van der Waals surface area contributed by atoms with E-state index in [1.807, 2.05) is 0 Å². The third-order valence-electron chi connectivity index (χ3n) is 4.21. The molecule has 0 saturated carbocycles.